The topological polar surface area (TPSA) is 46.6 Å². The van der Waals surface area contributed by atoms with Crippen LogP contribution in [0.15, 0.2) is 48.5 Å². The van der Waals surface area contributed by atoms with Crippen molar-refractivity contribution < 1.29 is 14.3 Å². The Kier molecular flexibility index (Phi) is 5.52. The molecule has 0 heterocycles. The molecule has 23 heavy (non-hydrogen) atoms. The van der Waals surface area contributed by atoms with E-state index in [1.165, 1.54) is 12.0 Å². The first-order chi connectivity index (χ1) is 11.0. The number of carbonyl (C=O) groups is 2. The zero-order valence-electron chi connectivity index (χ0n) is 13.7. The van der Waals surface area contributed by atoms with Crippen LogP contribution in [-0.4, -0.2) is 30.4 Å². The van der Waals surface area contributed by atoms with E-state index in [9.17, 15) is 9.59 Å². The quantitative estimate of drug-likeness (QED) is 0.797. The summed E-state index contributed by atoms with van der Waals surface area (Å²) in [6.07, 6.45) is 0. The van der Waals surface area contributed by atoms with E-state index in [2.05, 4.69) is 0 Å². The molecular weight excluding hydrogens is 290 g/mol. The number of carbonyl (C=O) groups excluding carboxylic acids is 2. The number of benzene rings is 2. The number of aryl methyl sites for hydroxylation is 2. The number of ether oxygens (including phenoxy) is 1. The molecule has 0 bridgehead atoms. The van der Waals surface area contributed by atoms with Crippen LogP contribution in [0.4, 0.5) is 0 Å². The molecule has 2 aromatic carbocycles. The summed E-state index contributed by atoms with van der Waals surface area (Å²) in [5.74, 6) is -0.613. The second kappa shape index (κ2) is 7.58. The predicted molar refractivity (Wildman–Crippen MR) is 89.1 cm³/mol. The number of rotatable bonds is 5. The summed E-state index contributed by atoms with van der Waals surface area (Å²) in [6, 6.07) is 15.2. The van der Waals surface area contributed by atoms with Gasteiger partial charge < -0.3 is 9.64 Å². The van der Waals surface area contributed by atoms with Gasteiger partial charge in [-0.05, 0) is 37.1 Å². The van der Waals surface area contributed by atoms with Crippen molar-refractivity contribution in [2.24, 2.45) is 0 Å². The summed E-state index contributed by atoms with van der Waals surface area (Å²) in [5.41, 5.74) is 3.74. The third kappa shape index (κ3) is 4.42. The van der Waals surface area contributed by atoms with Crippen molar-refractivity contribution in [2.45, 2.75) is 20.4 Å². The van der Waals surface area contributed by atoms with E-state index in [0.717, 1.165) is 16.7 Å². The van der Waals surface area contributed by atoms with Gasteiger partial charge in [0, 0.05) is 12.1 Å². The van der Waals surface area contributed by atoms with E-state index in [0.29, 0.717) is 12.1 Å². The summed E-state index contributed by atoms with van der Waals surface area (Å²) in [6.45, 7) is 4.25. The predicted octanol–water partition coefficient (Wildman–Crippen LogP) is 3.12. The smallest absolute Gasteiger partial charge is 0.325 e. The molecule has 120 valence electrons. The van der Waals surface area contributed by atoms with E-state index >= 15 is 0 Å². The lowest BCUT2D eigenvalue weighted by molar-refractivity contribution is -0.141. The van der Waals surface area contributed by atoms with Gasteiger partial charge in [-0.3, -0.25) is 9.59 Å². The lowest BCUT2D eigenvalue weighted by Crippen LogP contribution is -2.36. The second-order valence-electron chi connectivity index (χ2n) is 5.53. The molecule has 0 aromatic heterocycles. The number of esters is 1. The molecule has 0 aliphatic carbocycles. The minimum absolute atomic E-state index is 0.0719. The fourth-order valence-corrected chi connectivity index (χ4v) is 2.29. The second-order valence-corrected chi connectivity index (χ2v) is 5.53. The Labute approximate surface area is 136 Å². The largest absolute Gasteiger partial charge is 0.468 e. The molecule has 0 radical (unpaired) electrons. The number of amides is 1. The fourth-order valence-electron chi connectivity index (χ4n) is 2.29. The van der Waals surface area contributed by atoms with Crippen LogP contribution in [0.25, 0.3) is 0 Å². The molecule has 0 atom stereocenters. The molecule has 0 spiro atoms. The third-order valence-corrected chi connectivity index (χ3v) is 3.76. The molecule has 0 aliphatic heterocycles. The number of nitrogens with zero attached hydrogens (tertiary/aromatic N) is 1. The van der Waals surface area contributed by atoms with Crippen LogP contribution in [0.1, 0.15) is 27.0 Å². The molecule has 0 saturated carbocycles. The van der Waals surface area contributed by atoms with Crippen LogP contribution >= 0.6 is 0 Å². The molecule has 0 N–H and O–H groups in total. The van der Waals surface area contributed by atoms with Gasteiger partial charge in [-0.15, -0.1) is 0 Å². The van der Waals surface area contributed by atoms with E-state index < -0.39 is 5.97 Å². The van der Waals surface area contributed by atoms with E-state index in [1.54, 1.807) is 12.1 Å². The van der Waals surface area contributed by atoms with Gasteiger partial charge in [0.1, 0.15) is 6.54 Å². The maximum atomic E-state index is 12.7. The zero-order chi connectivity index (χ0) is 16.8. The van der Waals surface area contributed by atoms with Crippen LogP contribution in [-0.2, 0) is 16.1 Å². The van der Waals surface area contributed by atoms with Crippen molar-refractivity contribution in [3.05, 3.63) is 70.8 Å². The van der Waals surface area contributed by atoms with Gasteiger partial charge in [-0.25, -0.2) is 0 Å². The lowest BCUT2D eigenvalue weighted by atomic mass is 10.1. The van der Waals surface area contributed by atoms with Crippen molar-refractivity contribution in [3.63, 3.8) is 0 Å². The van der Waals surface area contributed by atoms with Crippen molar-refractivity contribution in [2.75, 3.05) is 13.7 Å². The van der Waals surface area contributed by atoms with Crippen molar-refractivity contribution >= 4 is 11.9 Å². The summed E-state index contributed by atoms with van der Waals surface area (Å²) in [4.78, 5) is 25.9. The normalized spacial score (nSPS) is 10.2. The van der Waals surface area contributed by atoms with E-state index in [-0.39, 0.29) is 12.5 Å². The molecule has 4 heteroatoms. The van der Waals surface area contributed by atoms with Gasteiger partial charge in [0.25, 0.3) is 5.91 Å². The average molecular weight is 311 g/mol. The molecule has 0 fully saturated rings. The number of hydrogen-bond donors (Lipinski definition) is 0. The standard InChI is InChI=1S/C19H21NO3/c1-14-8-10-16(11-9-14)19(22)20(13-18(21)23-3)12-17-7-5-4-6-15(17)2/h4-11H,12-13H2,1-3H3. The van der Waals surface area contributed by atoms with Gasteiger partial charge >= 0.3 is 5.97 Å². The highest BCUT2D eigenvalue weighted by Crippen LogP contribution is 2.14. The molecule has 0 aliphatic rings. The zero-order valence-corrected chi connectivity index (χ0v) is 13.7. The highest BCUT2D eigenvalue weighted by molar-refractivity contribution is 5.96. The Morgan fingerprint density at radius 2 is 1.65 bits per heavy atom. The Hall–Kier alpha value is -2.62. The van der Waals surface area contributed by atoms with Gasteiger partial charge in [-0.2, -0.15) is 0 Å². The van der Waals surface area contributed by atoms with Crippen LogP contribution in [0.5, 0.6) is 0 Å². The summed E-state index contributed by atoms with van der Waals surface area (Å²) < 4.78 is 4.72. The monoisotopic (exact) mass is 311 g/mol. The SMILES string of the molecule is COC(=O)CN(Cc1ccccc1C)C(=O)c1ccc(C)cc1. The van der Waals surface area contributed by atoms with Crippen molar-refractivity contribution in [1.29, 1.82) is 0 Å². The van der Waals surface area contributed by atoms with Gasteiger partial charge in [-0.1, -0.05) is 42.0 Å². The molecule has 4 nitrogen and oxygen atoms in total. The Bertz CT molecular complexity index is 692. The van der Waals surface area contributed by atoms with Crippen LogP contribution in [0, 0.1) is 13.8 Å². The summed E-state index contributed by atoms with van der Waals surface area (Å²) in [5, 5.41) is 0. The molecular formula is C19H21NO3. The molecule has 0 saturated heterocycles. The van der Waals surface area contributed by atoms with Gasteiger partial charge in [0.2, 0.25) is 0 Å². The summed E-state index contributed by atoms with van der Waals surface area (Å²) in [7, 11) is 1.32. The maximum Gasteiger partial charge on any atom is 0.325 e. The number of methoxy groups -OCH3 is 1. The van der Waals surface area contributed by atoms with Crippen molar-refractivity contribution in [3.8, 4) is 0 Å². The first-order valence-corrected chi connectivity index (χ1v) is 7.48. The van der Waals surface area contributed by atoms with Crippen LogP contribution in [0.2, 0.25) is 0 Å². The molecule has 2 rings (SSSR count). The highest BCUT2D eigenvalue weighted by atomic mass is 16.5. The fraction of sp³-hybridized carbons (Fsp3) is 0.263. The molecule has 2 aromatic rings. The molecule has 0 unspecified atom stereocenters. The minimum Gasteiger partial charge on any atom is -0.468 e. The van der Waals surface area contributed by atoms with Gasteiger partial charge in [0.15, 0.2) is 0 Å². The van der Waals surface area contributed by atoms with E-state index in [1.807, 2.05) is 50.2 Å². The Morgan fingerprint density at radius 3 is 2.26 bits per heavy atom. The van der Waals surface area contributed by atoms with Gasteiger partial charge in [0.05, 0.1) is 7.11 Å². The third-order valence-electron chi connectivity index (χ3n) is 3.76. The Balaban J connectivity index is 2.26. The number of hydrogen-bond acceptors (Lipinski definition) is 3. The van der Waals surface area contributed by atoms with Crippen LogP contribution < -0.4 is 0 Å². The maximum absolute atomic E-state index is 12.7. The summed E-state index contributed by atoms with van der Waals surface area (Å²) >= 11 is 0. The Morgan fingerprint density at radius 1 is 1.00 bits per heavy atom. The first kappa shape index (κ1) is 16.7. The van der Waals surface area contributed by atoms with Crippen LogP contribution in [0.3, 0.4) is 0 Å². The van der Waals surface area contributed by atoms with Crippen molar-refractivity contribution in [1.82, 2.24) is 4.90 Å². The average Bonchev–Trinajstić information content (AvgIpc) is 2.56. The van der Waals surface area contributed by atoms with E-state index in [4.69, 9.17) is 4.74 Å². The molecule has 1 amide bonds. The minimum atomic E-state index is -0.431. The lowest BCUT2D eigenvalue weighted by Gasteiger charge is -2.22. The highest BCUT2D eigenvalue weighted by Gasteiger charge is 2.20. The first-order valence-electron chi connectivity index (χ1n) is 7.48.